The van der Waals surface area contributed by atoms with Gasteiger partial charge in [-0.25, -0.2) is 9.37 Å². The normalized spacial score (nSPS) is 8.82. The van der Waals surface area contributed by atoms with Gasteiger partial charge in [0.15, 0.2) is 11.6 Å². The standard InChI is InChI=1S/C7H4FN2O/c1-11-7-5(2-9)3-10-4-6(7)8/h3H,1H3. The highest BCUT2D eigenvalue weighted by atomic mass is 19.1. The van der Waals surface area contributed by atoms with Gasteiger partial charge in [0.2, 0.25) is 0 Å². The number of methoxy groups -OCH3 is 1. The zero-order valence-corrected chi connectivity index (χ0v) is 5.76. The second kappa shape index (κ2) is 2.97. The van der Waals surface area contributed by atoms with E-state index in [1.165, 1.54) is 13.3 Å². The van der Waals surface area contributed by atoms with Crippen LogP contribution in [0.5, 0.6) is 5.75 Å². The molecule has 3 nitrogen and oxygen atoms in total. The van der Waals surface area contributed by atoms with Crippen molar-refractivity contribution < 1.29 is 9.13 Å². The number of hydrogen-bond donors (Lipinski definition) is 0. The Labute approximate surface area is 63.1 Å². The van der Waals surface area contributed by atoms with E-state index in [1.807, 2.05) is 6.20 Å². The number of nitrogens with zero attached hydrogens (tertiary/aromatic N) is 2. The lowest BCUT2D eigenvalue weighted by atomic mass is 10.3. The molecule has 0 N–H and O–H groups in total. The first-order chi connectivity index (χ1) is 5.29. The minimum atomic E-state index is -0.744. The monoisotopic (exact) mass is 151 g/mol. The molecule has 1 aromatic rings. The van der Waals surface area contributed by atoms with E-state index in [-0.39, 0.29) is 11.3 Å². The Morgan fingerprint density at radius 2 is 2.55 bits per heavy atom. The molecular formula is C7H4FN2O. The van der Waals surface area contributed by atoms with Crippen molar-refractivity contribution in [2.45, 2.75) is 0 Å². The lowest BCUT2D eigenvalue weighted by Gasteiger charge is -2.00. The van der Waals surface area contributed by atoms with Crippen LogP contribution in [0.25, 0.3) is 0 Å². The van der Waals surface area contributed by atoms with Gasteiger partial charge in [-0.3, -0.25) is 0 Å². The van der Waals surface area contributed by atoms with Crippen molar-refractivity contribution >= 4 is 0 Å². The van der Waals surface area contributed by atoms with Gasteiger partial charge in [0, 0.05) is 6.20 Å². The molecule has 1 heterocycles. The zero-order chi connectivity index (χ0) is 8.27. The summed E-state index contributed by atoms with van der Waals surface area (Å²) in [6.07, 6.45) is 3.23. The number of hydrogen-bond acceptors (Lipinski definition) is 3. The highest BCUT2D eigenvalue weighted by Crippen LogP contribution is 2.18. The van der Waals surface area contributed by atoms with E-state index in [2.05, 4.69) is 9.72 Å². The molecule has 0 spiro atoms. The van der Waals surface area contributed by atoms with Gasteiger partial charge >= 0.3 is 0 Å². The van der Waals surface area contributed by atoms with Crippen LogP contribution in [0.4, 0.5) is 4.39 Å². The van der Waals surface area contributed by atoms with E-state index < -0.39 is 5.82 Å². The maximum atomic E-state index is 12.6. The third-order valence-corrected chi connectivity index (χ3v) is 1.12. The fourth-order valence-electron chi connectivity index (χ4n) is 0.660. The minimum absolute atomic E-state index is 0.0729. The van der Waals surface area contributed by atoms with Gasteiger partial charge < -0.3 is 4.74 Å². The largest absolute Gasteiger partial charge is 0.492 e. The Kier molecular flexibility index (Phi) is 2.02. The van der Waals surface area contributed by atoms with E-state index in [4.69, 9.17) is 5.26 Å². The Bertz CT molecular complexity index is 306. The van der Waals surface area contributed by atoms with Gasteiger partial charge in [-0.05, 0) is 0 Å². The quantitative estimate of drug-likeness (QED) is 0.599. The first-order valence-electron chi connectivity index (χ1n) is 2.80. The molecule has 11 heavy (non-hydrogen) atoms. The summed E-state index contributed by atoms with van der Waals surface area (Å²) >= 11 is 0. The second-order valence-electron chi connectivity index (χ2n) is 1.74. The van der Waals surface area contributed by atoms with Gasteiger partial charge in [-0.1, -0.05) is 0 Å². The Hall–Kier alpha value is -1.63. The van der Waals surface area contributed by atoms with E-state index in [0.29, 0.717) is 0 Å². The number of halogens is 1. The smallest absolute Gasteiger partial charge is 0.194 e. The number of ether oxygens (including phenoxy) is 1. The lowest BCUT2D eigenvalue weighted by Crippen LogP contribution is -1.93. The maximum absolute atomic E-state index is 12.6. The van der Waals surface area contributed by atoms with Crippen molar-refractivity contribution in [1.29, 1.82) is 5.26 Å². The molecule has 1 rings (SSSR count). The molecule has 55 valence electrons. The molecule has 4 heteroatoms. The van der Waals surface area contributed by atoms with Crippen LogP contribution >= 0.6 is 0 Å². The molecule has 0 bridgehead atoms. The summed E-state index contributed by atoms with van der Waals surface area (Å²) in [5.74, 6) is -0.853. The predicted octanol–water partition coefficient (Wildman–Crippen LogP) is 0.901. The highest BCUT2D eigenvalue weighted by Gasteiger charge is 2.08. The zero-order valence-electron chi connectivity index (χ0n) is 5.76. The van der Waals surface area contributed by atoms with Crippen LogP contribution in [0.2, 0.25) is 0 Å². The van der Waals surface area contributed by atoms with Gasteiger partial charge in [-0.15, -0.1) is 0 Å². The summed E-state index contributed by atoms with van der Waals surface area (Å²) in [6.45, 7) is 0. The van der Waals surface area contributed by atoms with Crippen molar-refractivity contribution in [2.24, 2.45) is 0 Å². The summed E-state index contributed by atoms with van der Waals surface area (Å²) in [6, 6.07) is 1.74. The molecule has 0 aliphatic rings. The molecule has 0 aliphatic carbocycles. The third kappa shape index (κ3) is 1.27. The average Bonchev–Trinajstić information content (AvgIpc) is 2.04. The maximum Gasteiger partial charge on any atom is 0.194 e. The van der Waals surface area contributed by atoms with Crippen LogP contribution < -0.4 is 4.74 Å². The average molecular weight is 151 g/mol. The fraction of sp³-hybridized carbons (Fsp3) is 0.143. The van der Waals surface area contributed by atoms with Crippen molar-refractivity contribution in [2.75, 3.05) is 7.11 Å². The van der Waals surface area contributed by atoms with Crippen LogP contribution in [0.3, 0.4) is 0 Å². The van der Waals surface area contributed by atoms with Crippen LogP contribution in [-0.4, -0.2) is 12.1 Å². The molecule has 0 saturated heterocycles. The first kappa shape index (κ1) is 7.48. The molecule has 0 aliphatic heterocycles. The molecule has 0 fully saturated rings. The summed E-state index contributed by atoms with van der Waals surface area (Å²) in [4.78, 5) is 3.36. The lowest BCUT2D eigenvalue weighted by molar-refractivity contribution is 0.383. The number of rotatable bonds is 1. The second-order valence-corrected chi connectivity index (χ2v) is 1.74. The summed E-state index contributed by atoms with van der Waals surface area (Å²) in [5, 5.41) is 8.42. The number of pyridine rings is 1. The molecular weight excluding hydrogens is 147 g/mol. The molecule has 1 aromatic heterocycles. The predicted molar refractivity (Wildman–Crippen MR) is 34.3 cm³/mol. The van der Waals surface area contributed by atoms with Gasteiger partial charge in [0.05, 0.1) is 7.11 Å². The van der Waals surface area contributed by atoms with Gasteiger partial charge in [-0.2, -0.15) is 5.26 Å². The van der Waals surface area contributed by atoms with Crippen LogP contribution in [0.15, 0.2) is 6.20 Å². The SMILES string of the molecule is COc1c(F)[c]ncc1C#N. The number of aromatic nitrogens is 1. The van der Waals surface area contributed by atoms with Crippen LogP contribution in [0.1, 0.15) is 5.56 Å². The molecule has 0 saturated carbocycles. The van der Waals surface area contributed by atoms with Gasteiger partial charge in [0.25, 0.3) is 0 Å². The van der Waals surface area contributed by atoms with Crippen LogP contribution in [0, 0.1) is 23.3 Å². The highest BCUT2D eigenvalue weighted by molar-refractivity contribution is 5.40. The molecule has 0 atom stereocenters. The van der Waals surface area contributed by atoms with Gasteiger partial charge in [0.1, 0.15) is 17.8 Å². The molecule has 0 aromatic carbocycles. The fourth-order valence-corrected chi connectivity index (χ4v) is 0.660. The van der Waals surface area contributed by atoms with Crippen molar-refractivity contribution in [3.8, 4) is 11.8 Å². The first-order valence-corrected chi connectivity index (χ1v) is 2.80. The van der Waals surface area contributed by atoms with E-state index in [1.54, 1.807) is 6.07 Å². The Balaban J connectivity index is 3.27. The number of nitriles is 1. The Morgan fingerprint density at radius 3 is 3.00 bits per heavy atom. The molecule has 1 radical (unpaired) electrons. The van der Waals surface area contributed by atoms with Crippen molar-refractivity contribution in [1.82, 2.24) is 4.98 Å². The van der Waals surface area contributed by atoms with E-state index in [0.717, 1.165) is 0 Å². The summed E-state index contributed by atoms with van der Waals surface area (Å²) in [7, 11) is 1.28. The van der Waals surface area contributed by atoms with E-state index >= 15 is 0 Å². The topological polar surface area (TPSA) is 45.9 Å². The van der Waals surface area contributed by atoms with Crippen LogP contribution in [-0.2, 0) is 0 Å². The molecule has 0 amide bonds. The summed E-state index contributed by atoms with van der Waals surface area (Å²) in [5.41, 5.74) is 0.0729. The summed E-state index contributed by atoms with van der Waals surface area (Å²) < 4.78 is 17.2. The third-order valence-electron chi connectivity index (χ3n) is 1.12. The Morgan fingerprint density at radius 1 is 1.82 bits per heavy atom. The van der Waals surface area contributed by atoms with Crippen molar-refractivity contribution in [3.63, 3.8) is 0 Å². The molecule has 0 unspecified atom stereocenters. The van der Waals surface area contributed by atoms with E-state index in [9.17, 15) is 4.39 Å². The minimum Gasteiger partial charge on any atom is -0.492 e. The van der Waals surface area contributed by atoms with Crippen molar-refractivity contribution in [3.05, 3.63) is 23.8 Å².